The average molecular weight is 487 g/mol. The summed E-state index contributed by atoms with van der Waals surface area (Å²) in [4.78, 5) is 30.5. The van der Waals surface area contributed by atoms with E-state index in [1.165, 1.54) is 12.0 Å². The second-order valence-corrected chi connectivity index (χ2v) is 7.66. The molecule has 0 spiro atoms. The summed E-state index contributed by atoms with van der Waals surface area (Å²) in [5.74, 6) is 0.830. The molecule has 3 aromatic carbocycles. The van der Waals surface area contributed by atoms with E-state index in [4.69, 9.17) is 18.9 Å². The van der Waals surface area contributed by atoms with Gasteiger partial charge in [-0.05, 0) is 19.1 Å². The van der Waals surface area contributed by atoms with Crippen LogP contribution in [0.2, 0.25) is 0 Å². The number of ether oxygens (including phenoxy) is 3. The van der Waals surface area contributed by atoms with Crippen molar-refractivity contribution >= 4 is 17.7 Å². The number of rotatable bonds is 9. The first-order valence-corrected chi connectivity index (χ1v) is 11.4. The number of methoxy groups -OCH3 is 1. The van der Waals surface area contributed by atoms with Crippen LogP contribution in [0, 0.1) is 0 Å². The molecule has 0 radical (unpaired) electrons. The fourth-order valence-electron chi connectivity index (χ4n) is 3.55. The first-order chi connectivity index (χ1) is 17.6. The molecular weight excluding hydrogens is 460 g/mol. The molecule has 0 atom stereocenters. The summed E-state index contributed by atoms with van der Waals surface area (Å²) >= 11 is 0. The molecule has 0 aliphatic rings. The molecule has 0 aliphatic carbocycles. The second kappa shape index (κ2) is 11.7. The minimum absolute atomic E-state index is 0.0198. The summed E-state index contributed by atoms with van der Waals surface area (Å²) in [7, 11) is 1.29. The lowest BCUT2D eigenvalue weighted by Crippen LogP contribution is -2.31. The summed E-state index contributed by atoms with van der Waals surface area (Å²) in [6, 6.07) is 26.2. The maximum Gasteiger partial charge on any atom is 0.414 e. The van der Waals surface area contributed by atoms with E-state index in [1.54, 1.807) is 31.2 Å². The van der Waals surface area contributed by atoms with E-state index in [2.05, 4.69) is 4.74 Å². The van der Waals surface area contributed by atoms with Crippen LogP contribution in [0.4, 0.5) is 10.5 Å². The average Bonchev–Trinajstić information content (AvgIpc) is 3.35. The molecule has 8 heteroatoms. The van der Waals surface area contributed by atoms with Crippen LogP contribution in [0.3, 0.4) is 0 Å². The van der Waals surface area contributed by atoms with Gasteiger partial charge in [-0.3, -0.25) is 4.90 Å². The molecule has 1 amide bonds. The summed E-state index contributed by atoms with van der Waals surface area (Å²) in [5, 5.41) is 0. The first-order valence-electron chi connectivity index (χ1n) is 11.4. The Bertz CT molecular complexity index is 1250. The molecule has 0 aliphatic heterocycles. The zero-order valence-corrected chi connectivity index (χ0v) is 20.0. The van der Waals surface area contributed by atoms with Crippen LogP contribution in [-0.4, -0.2) is 37.4 Å². The van der Waals surface area contributed by atoms with Crippen LogP contribution in [0.1, 0.15) is 12.8 Å². The van der Waals surface area contributed by atoms with Gasteiger partial charge < -0.3 is 18.6 Å². The first kappa shape index (κ1) is 24.5. The topological polar surface area (TPSA) is 91.1 Å². The third-order valence-electron chi connectivity index (χ3n) is 5.25. The lowest BCUT2D eigenvalue weighted by Gasteiger charge is -2.21. The van der Waals surface area contributed by atoms with Gasteiger partial charge in [-0.2, -0.15) is 0 Å². The fraction of sp³-hybridized carbons (Fsp3) is 0.179. The minimum atomic E-state index is -0.566. The Morgan fingerprint density at radius 1 is 0.917 bits per heavy atom. The van der Waals surface area contributed by atoms with Crippen molar-refractivity contribution in [1.82, 2.24) is 4.98 Å². The van der Waals surface area contributed by atoms with Gasteiger partial charge in [0, 0.05) is 17.2 Å². The number of esters is 1. The van der Waals surface area contributed by atoms with E-state index in [9.17, 15) is 9.59 Å². The van der Waals surface area contributed by atoms with Gasteiger partial charge in [0.1, 0.15) is 18.0 Å². The lowest BCUT2D eigenvalue weighted by atomic mass is 10.1. The van der Waals surface area contributed by atoms with Crippen LogP contribution < -0.4 is 9.64 Å². The molecule has 36 heavy (non-hydrogen) atoms. The van der Waals surface area contributed by atoms with Crippen molar-refractivity contribution in [2.24, 2.45) is 0 Å². The predicted molar refractivity (Wildman–Crippen MR) is 135 cm³/mol. The molecule has 0 saturated carbocycles. The Morgan fingerprint density at radius 2 is 1.61 bits per heavy atom. The molecule has 1 heterocycles. The molecule has 1 aromatic heterocycles. The monoisotopic (exact) mass is 486 g/mol. The van der Waals surface area contributed by atoms with Crippen molar-refractivity contribution in [3.05, 3.63) is 90.8 Å². The van der Waals surface area contributed by atoms with E-state index in [1.807, 2.05) is 60.7 Å². The van der Waals surface area contributed by atoms with Crippen LogP contribution >= 0.6 is 0 Å². The number of amides is 1. The second-order valence-electron chi connectivity index (χ2n) is 7.66. The van der Waals surface area contributed by atoms with E-state index >= 15 is 0 Å². The predicted octanol–water partition coefficient (Wildman–Crippen LogP) is 5.72. The smallest absolute Gasteiger partial charge is 0.414 e. The van der Waals surface area contributed by atoms with Crippen molar-refractivity contribution in [1.29, 1.82) is 0 Å². The van der Waals surface area contributed by atoms with Crippen molar-refractivity contribution in [2.75, 3.05) is 25.2 Å². The van der Waals surface area contributed by atoms with E-state index in [0.717, 1.165) is 11.1 Å². The standard InChI is InChI=1S/C28H26N2O6/c1-3-34-28(32)30(22-15-10-16-23(17-22)35-19-25(31)33-2)18-24-29-26(20-11-6-4-7-12-20)27(36-24)21-13-8-5-9-14-21/h4-17H,3,18-19H2,1-2H3. The lowest BCUT2D eigenvalue weighted by molar-refractivity contribution is -0.142. The van der Waals surface area contributed by atoms with Gasteiger partial charge in [-0.1, -0.05) is 66.7 Å². The highest BCUT2D eigenvalue weighted by Crippen LogP contribution is 2.33. The number of anilines is 1. The Hall–Kier alpha value is -4.59. The fourth-order valence-corrected chi connectivity index (χ4v) is 3.55. The molecule has 0 unspecified atom stereocenters. The normalized spacial score (nSPS) is 10.5. The van der Waals surface area contributed by atoms with E-state index in [-0.39, 0.29) is 19.8 Å². The van der Waals surface area contributed by atoms with Crippen LogP contribution in [-0.2, 0) is 20.8 Å². The largest absolute Gasteiger partial charge is 0.482 e. The SMILES string of the molecule is CCOC(=O)N(Cc1nc(-c2ccccc2)c(-c2ccccc2)o1)c1cccc(OCC(=O)OC)c1. The summed E-state index contributed by atoms with van der Waals surface area (Å²) in [6.45, 7) is 1.70. The Morgan fingerprint density at radius 3 is 2.28 bits per heavy atom. The molecule has 0 N–H and O–H groups in total. The maximum atomic E-state index is 12.9. The highest BCUT2D eigenvalue weighted by Gasteiger charge is 2.23. The number of carbonyl (C=O) groups excluding carboxylic acids is 2. The number of nitrogens with zero attached hydrogens (tertiary/aromatic N) is 2. The summed E-state index contributed by atoms with van der Waals surface area (Å²) in [5.41, 5.74) is 2.94. The third-order valence-corrected chi connectivity index (χ3v) is 5.25. The highest BCUT2D eigenvalue weighted by atomic mass is 16.6. The molecular formula is C28H26N2O6. The van der Waals surface area contributed by atoms with Gasteiger partial charge in [0.2, 0.25) is 5.89 Å². The quantitative estimate of drug-likeness (QED) is 0.279. The highest BCUT2D eigenvalue weighted by molar-refractivity contribution is 5.88. The minimum Gasteiger partial charge on any atom is -0.482 e. The molecule has 184 valence electrons. The third kappa shape index (κ3) is 5.90. The summed E-state index contributed by atoms with van der Waals surface area (Å²) in [6.07, 6.45) is -0.566. The number of oxazole rings is 1. The van der Waals surface area contributed by atoms with Crippen LogP contribution in [0.5, 0.6) is 5.75 Å². The van der Waals surface area contributed by atoms with Gasteiger partial charge in [-0.25, -0.2) is 14.6 Å². The molecule has 4 aromatic rings. The zero-order valence-electron chi connectivity index (χ0n) is 20.0. The summed E-state index contributed by atoms with van der Waals surface area (Å²) < 4.78 is 21.6. The molecule has 8 nitrogen and oxygen atoms in total. The Kier molecular flexibility index (Phi) is 7.97. The number of aromatic nitrogens is 1. The number of hydrogen-bond donors (Lipinski definition) is 0. The van der Waals surface area contributed by atoms with E-state index in [0.29, 0.717) is 28.8 Å². The van der Waals surface area contributed by atoms with Gasteiger partial charge in [0.25, 0.3) is 0 Å². The number of carbonyl (C=O) groups is 2. The maximum absolute atomic E-state index is 12.9. The van der Waals surface area contributed by atoms with Crippen molar-refractivity contribution < 1.29 is 28.2 Å². The van der Waals surface area contributed by atoms with Crippen molar-refractivity contribution in [3.8, 4) is 28.3 Å². The molecule has 0 fully saturated rings. The Labute approximate surface area is 209 Å². The Balaban J connectivity index is 1.69. The number of benzene rings is 3. The van der Waals surface area contributed by atoms with Gasteiger partial charge in [-0.15, -0.1) is 0 Å². The molecule has 0 bridgehead atoms. The van der Waals surface area contributed by atoms with Gasteiger partial charge in [0.15, 0.2) is 12.4 Å². The van der Waals surface area contributed by atoms with Gasteiger partial charge >= 0.3 is 12.1 Å². The molecule has 0 saturated heterocycles. The van der Waals surface area contributed by atoms with E-state index < -0.39 is 12.1 Å². The van der Waals surface area contributed by atoms with Crippen LogP contribution in [0.25, 0.3) is 22.6 Å². The van der Waals surface area contributed by atoms with Crippen LogP contribution in [0.15, 0.2) is 89.3 Å². The van der Waals surface area contributed by atoms with Crippen molar-refractivity contribution in [3.63, 3.8) is 0 Å². The molecule has 4 rings (SSSR count). The number of hydrogen-bond acceptors (Lipinski definition) is 7. The zero-order chi connectivity index (χ0) is 25.3. The van der Waals surface area contributed by atoms with Gasteiger partial charge in [0.05, 0.1) is 19.4 Å². The van der Waals surface area contributed by atoms with Crippen molar-refractivity contribution in [2.45, 2.75) is 13.5 Å².